The van der Waals surface area contributed by atoms with Crippen molar-refractivity contribution in [2.24, 2.45) is 10.9 Å². The van der Waals surface area contributed by atoms with Gasteiger partial charge in [0.05, 0.1) is 0 Å². The quantitative estimate of drug-likeness (QED) is 0.192. The zero-order valence-electron chi connectivity index (χ0n) is 13.0. The molecule has 0 aliphatic heterocycles. The van der Waals surface area contributed by atoms with E-state index in [1.54, 1.807) is 0 Å². The Bertz CT molecular complexity index is 395. The van der Waals surface area contributed by atoms with Crippen molar-refractivity contribution in [3.8, 4) is 0 Å². The molecule has 1 aromatic rings. The molecule has 0 bridgehead atoms. The van der Waals surface area contributed by atoms with Crippen LogP contribution >= 0.6 is 0 Å². The number of oxime groups is 1. The fraction of sp³-hybridized carbons (Fsp3) is 0.562. The van der Waals surface area contributed by atoms with Crippen molar-refractivity contribution in [2.45, 2.75) is 32.2 Å². The third kappa shape index (κ3) is 9.05. The minimum Gasteiger partial charge on any atom is -0.409 e. The van der Waals surface area contributed by atoms with Gasteiger partial charge in [0.25, 0.3) is 0 Å². The van der Waals surface area contributed by atoms with E-state index in [1.807, 2.05) is 6.07 Å². The minimum absolute atomic E-state index is 0.317. The Balaban J connectivity index is 1.94. The second kappa shape index (κ2) is 11.1. The standard InChI is InChI=1S/C16H28N4O/c1-20(14-15-8-3-2-4-9-15)13-7-12-18-11-6-5-10-16(17)19-21/h2-4,8-9,18,21H,5-7,10-14H2,1H3,(H2,17,19). The van der Waals surface area contributed by atoms with Gasteiger partial charge in [-0.25, -0.2) is 0 Å². The summed E-state index contributed by atoms with van der Waals surface area (Å²) in [6, 6.07) is 10.5. The van der Waals surface area contributed by atoms with Crippen LogP contribution in [0.3, 0.4) is 0 Å². The highest BCUT2D eigenvalue weighted by molar-refractivity contribution is 5.79. The van der Waals surface area contributed by atoms with Crippen molar-refractivity contribution >= 4 is 5.84 Å². The van der Waals surface area contributed by atoms with Crippen LogP contribution in [-0.2, 0) is 6.54 Å². The Labute approximate surface area is 127 Å². The molecule has 0 aliphatic carbocycles. The summed E-state index contributed by atoms with van der Waals surface area (Å²) in [6.45, 7) is 4.11. The molecule has 4 N–H and O–H groups in total. The lowest BCUT2D eigenvalue weighted by molar-refractivity contribution is 0.316. The van der Waals surface area contributed by atoms with Gasteiger partial charge in [-0.05, 0) is 51.5 Å². The second-order valence-corrected chi connectivity index (χ2v) is 5.38. The molecule has 0 heterocycles. The number of hydrogen-bond acceptors (Lipinski definition) is 4. The fourth-order valence-corrected chi connectivity index (χ4v) is 2.18. The number of rotatable bonds is 11. The molecule has 0 saturated heterocycles. The molecule has 0 atom stereocenters. The average molecular weight is 292 g/mol. The number of nitrogens with two attached hydrogens (primary N) is 1. The summed E-state index contributed by atoms with van der Waals surface area (Å²) in [4.78, 5) is 2.34. The van der Waals surface area contributed by atoms with E-state index in [4.69, 9.17) is 10.9 Å². The summed E-state index contributed by atoms with van der Waals surface area (Å²) in [5, 5.41) is 14.8. The van der Waals surface area contributed by atoms with Gasteiger partial charge in [-0.2, -0.15) is 0 Å². The highest BCUT2D eigenvalue weighted by Crippen LogP contribution is 2.02. The lowest BCUT2D eigenvalue weighted by atomic mass is 10.2. The zero-order chi connectivity index (χ0) is 15.3. The Kier molecular flexibility index (Phi) is 9.24. The summed E-state index contributed by atoms with van der Waals surface area (Å²) < 4.78 is 0. The van der Waals surface area contributed by atoms with Crippen LogP contribution in [-0.4, -0.2) is 42.6 Å². The number of nitrogens with one attached hydrogen (secondary N) is 1. The number of benzene rings is 1. The van der Waals surface area contributed by atoms with Crippen LogP contribution in [0.2, 0.25) is 0 Å². The predicted octanol–water partition coefficient (Wildman–Crippen LogP) is 2.01. The van der Waals surface area contributed by atoms with Crippen molar-refractivity contribution in [3.05, 3.63) is 35.9 Å². The van der Waals surface area contributed by atoms with Crippen molar-refractivity contribution in [1.29, 1.82) is 0 Å². The Morgan fingerprint density at radius 1 is 1.19 bits per heavy atom. The summed E-state index contributed by atoms with van der Waals surface area (Å²) >= 11 is 0. The molecule has 21 heavy (non-hydrogen) atoms. The zero-order valence-corrected chi connectivity index (χ0v) is 13.0. The van der Waals surface area contributed by atoms with E-state index in [2.05, 4.69) is 46.7 Å². The molecule has 0 amide bonds. The van der Waals surface area contributed by atoms with E-state index in [0.29, 0.717) is 12.3 Å². The first kappa shape index (κ1) is 17.5. The van der Waals surface area contributed by atoms with Crippen LogP contribution in [0.25, 0.3) is 0 Å². The Morgan fingerprint density at radius 3 is 2.62 bits per heavy atom. The molecule has 0 fully saturated rings. The first-order chi connectivity index (χ1) is 10.2. The molecule has 5 heteroatoms. The van der Waals surface area contributed by atoms with Crippen molar-refractivity contribution in [2.75, 3.05) is 26.7 Å². The van der Waals surface area contributed by atoms with Gasteiger partial charge in [0.15, 0.2) is 0 Å². The average Bonchev–Trinajstić information content (AvgIpc) is 2.50. The van der Waals surface area contributed by atoms with E-state index >= 15 is 0 Å². The van der Waals surface area contributed by atoms with Gasteiger partial charge in [0.1, 0.15) is 5.84 Å². The van der Waals surface area contributed by atoms with Gasteiger partial charge in [0.2, 0.25) is 0 Å². The smallest absolute Gasteiger partial charge is 0.139 e. The van der Waals surface area contributed by atoms with E-state index < -0.39 is 0 Å². The summed E-state index contributed by atoms with van der Waals surface area (Å²) in [5.74, 6) is 0.317. The molecule has 0 unspecified atom stereocenters. The van der Waals surface area contributed by atoms with E-state index in [0.717, 1.165) is 45.4 Å². The van der Waals surface area contributed by atoms with Crippen LogP contribution in [0.15, 0.2) is 35.5 Å². The number of nitrogens with zero attached hydrogens (tertiary/aromatic N) is 2. The van der Waals surface area contributed by atoms with Crippen LogP contribution < -0.4 is 11.1 Å². The first-order valence-electron chi connectivity index (χ1n) is 7.62. The van der Waals surface area contributed by atoms with Crippen molar-refractivity contribution in [3.63, 3.8) is 0 Å². The SMILES string of the molecule is CN(CCCNCCCCC(N)=NO)Cc1ccccc1. The van der Waals surface area contributed by atoms with Gasteiger partial charge in [-0.1, -0.05) is 35.5 Å². The molecular weight excluding hydrogens is 264 g/mol. The molecule has 0 saturated carbocycles. The van der Waals surface area contributed by atoms with Crippen LogP contribution in [0.4, 0.5) is 0 Å². The normalized spacial score (nSPS) is 12.0. The maximum atomic E-state index is 8.41. The summed E-state index contributed by atoms with van der Waals surface area (Å²) in [5.41, 5.74) is 6.76. The molecular formula is C16H28N4O. The van der Waals surface area contributed by atoms with Gasteiger partial charge >= 0.3 is 0 Å². The molecule has 0 radical (unpaired) electrons. The number of hydrogen-bond donors (Lipinski definition) is 3. The molecule has 0 aliphatic rings. The molecule has 1 rings (SSSR count). The van der Waals surface area contributed by atoms with Crippen molar-refractivity contribution < 1.29 is 5.21 Å². The lowest BCUT2D eigenvalue weighted by Gasteiger charge is -2.16. The molecule has 5 nitrogen and oxygen atoms in total. The van der Waals surface area contributed by atoms with Gasteiger partial charge in [0, 0.05) is 13.0 Å². The third-order valence-corrected chi connectivity index (χ3v) is 3.35. The van der Waals surface area contributed by atoms with Crippen molar-refractivity contribution in [1.82, 2.24) is 10.2 Å². The maximum Gasteiger partial charge on any atom is 0.139 e. The Morgan fingerprint density at radius 2 is 1.90 bits per heavy atom. The highest BCUT2D eigenvalue weighted by Gasteiger charge is 1.99. The maximum absolute atomic E-state index is 8.41. The van der Waals surface area contributed by atoms with Crippen LogP contribution in [0.1, 0.15) is 31.2 Å². The van der Waals surface area contributed by atoms with Crippen LogP contribution in [0.5, 0.6) is 0 Å². The Hall–Kier alpha value is -1.59. The van der Waals surface area contributed by atoms with E-state index in [9.17, 15) is 0 Å². The lowest BCUT2D eigenvalue weighted by Crippen LogP contribution is -2.24. The summed E-state index contributed by atoms with van der Waals surface area (Å²) in [7, 11) is 2.16. The largest absolute Gasteiger partial charge is 0.409 e. The molecule has 1 aromatic carbocycles. The molecule has 0 aromatic heterocycles. The van der Waals surface area contributed by atoms with Gasteiger partial charge in [-0.3, -0.25) is 0 Å². The number of amidine groups is 1. The summed E-state index contributed by atoms with van der Waals surface area (Å²) in [6.07, 6.45) is 3.81. The number of unbranched alkanes of at least 4 members (excludes halogenated alkanes) is 1. The van der Waals surface area contributed by atoms with Gasteiger partial charge < -0.3 is 21.2 Å². The fourth-order valence-electron chi connectivity index (χ4n) is 2.18. The monoisotopic (exact) mass is 292 g/mol. The minimum atomic E-state index is 0.317. The molecule has 0 spiro atoms. The second-order valence-electron chi connectivity index (χ2n) is 5.38. The predicted molar refractivity (Wildman–Crippen MR) is 87.5 cm³/mol. The topological polar surface area (TPSA) is 73.9 Å². The van der Waals surface area contributed by atoms with Crippen LogP contribution in [0, 0.1) is 0 Å². The van der Waals surface area contributed by atoms with E-state index in [1.165, 1.54) is 5.56 Å². The van der Waals surface area contributed by atoms with E-state index in [-0.39, 0.29) is 0 Å². The highest BCUT2D eigenvalue weighted by atomic mass is 16.4. The van der Waals surface area contributed by atoms with Gasteiger partial charge in [-0.15, -0.1) is 0 Å². The third-order valence-electron chi connectivity index (χ3n) is 3.35. The first-order valence-corrected chi connectivity index (χ1v) is 7.62. The molecule has 118 valence electrons.